The molecule has 0 spiro atoms. The van der Waals surface area contributed by atoms with Crippen LogP contribution in [0.5, 0.6) is 5.75 Å². The number of phenolic OH excluding ortho intramolecular Hbond substituents is 1. The lowest BCUT2D eigenvalue weighted by Crippen LogP contribution is -2.63. The van der Waals surface area contributed by atoms with Gasteiger partial charge in [-0.15, -0.1) is 5.10 Å². The molecule has 1 aromatic heterocycles. The van der Waals surface area contributed by atoms with Crippen molar-refractivity contribution in [2.45, 2.75) is 225 Å². The van der Waals surface area contributed by atoms with Gasteiger partial charge in [0.05, 0.1) is 39.2 Å². The maximum atomic E-state index is 13.5. The van der Waals surface area contributed by atoms with Crippen molar-refractivity contribution in [2.24, 2.45) is 5.41 Å². The lowest BCUT2D eigenvalue weighted by Gasteiger charge is -2.44. The van der Waals surface area contributed by atoms with Gasteiger partial charge in [0, 0.05) is 24.2 Å². The molecular weight excluding hydrogens is 895 g/mol. The number of unbranched alkanes of at least 4 members (excludes halogenated alkanes) is 10. The van der Waals surface area contributed by atoms with Gasteiger partial charge in [0.1, 0.15) is 72.4 Å². The Balaban J connectivity index is 1.34. The molecule has 1 aromatic carbocycles. The van der Waals surface area contributed by atoms with E-state index in [0.717, 1.165) is 31.2 Å². The van der Waals surface area contributed by atoms with Crippen LogP contribution in [0.15, 0.2) is 18.3 Å². The van der Waals surface area contributed by atoms with Crippen LogP contribution in [0, 0.1) is 5.41 Å². The van der Waals surface area contributed by atoms with Gasteiger partial charge in [0.25, 0.3) is 0 Å². The maximum Gasteiger partial charge on any atom is 0.342 e. The second-order valence-corrected chi connectivity index (χ2v) is 21.6. The van der Waals surface area contributed by atoms with Crippen molar-refractivity contribution in [3.8, 4) is 5.75 Å². The fourth-order valence-corrected chi connectivity index (χ4v) is 8.32. The average Bonchev–Trinajstić information content (AvgIpc) is 3.74. The summed E-state index contributed by atoms with van der Waals surface area (Å²) in [6.45, 7) is 20.1. The lowest BCUT2D eigenvalue weighted by atomic mass is 9.79. The molecule has 0 saturated carbocycles. The Morgan fingerprint density at radius 1 is 0.652 bits per heavy atom. The van der Waals surface area contributed by atoms with E-state index in [1.807, 2.05) is 47.6 Å². The summed E-state index contributed by atoms with van der Waals surface area (Å²) in [5.41, 5.74) is 0.390. The van der Waals surface area contributed by atoms with Crippen molar-refractivity contribution in [1.82, 2.24) is 15.0 Å². The number of aromatic hydroxyl groups is 1. The van der Waals surface area contributed by atoms with Crippen LogP contribution < -0.4 is 0 Å². The lowest BCUT2D eigenvalue weighted by molar-refractivity contribution is -0.375. The van der Waals surface area contributed by atoms with E-state index in [2.05, 4.69) is 31.1 Å². The fourth-order valence-electron chi connectivity index (χ4n) is 8.32. The number of aliphatic hydroxyl groups excluding tert-OH is 6. The molecule has 396 valence electrons. The first-order valence-electron chi connectivity index (χ1n) is 25.3. The Morgan fingerprint density at radius 3 is 1.70 bits per heavy atom. The number of esters is 1. The molecule has 0 bridgehead atoms. The SMILES string of the molecule is CCCCCCCCOCC(C)(COCCCCCCCC)COCc1cn(C[C@H]2O[C@H](O[C@@H]3OC(COC(=O)c4cc(C(C)(C)C)cc(C(C)(C)C)c4O)[C@@H](O)C(O)C3O)C(O)C(O)C2O)nn1. The molecule has 4 rings (SSSR count). The number of rotatable bonds is 29. The van der Waals surface area contributed by atoms with Crippen molar-refractivity contribution in [3.05, 3.63) is 40.7 Å². The van der Waals surface area contributed by atoms with Gasteiger partial charge < -0.3 is 68.9 Å². The number of ether oxygens (including phenoxy) is 7. The highest BCUT2D eigenvalue weighted by Crippen LogP contribution is 2.38. The Labute approximate surface area is 409 Å². The normalized spacial score (nSPS) is 25.8. The van der Waals surface area contributed by atoms with E-state index in [-0.39, 0.29) is 29.9 Å². The number of nitrogens with zero attached hydrogens (tertiary/aromatic N) is 3. The molecule has 18 heteroatoms. The number of hydrogen-bond donors (Lipinski definition) is 7. The molecule has 2 aromatic rings. The molecule has 18 nitrogen and oxygen atoms in total. The summed E-state index contributed by atoms with van der Waals surface area (Å²) in [5.74, 6) is -1.17. The van der Waals surface area contributed by atoms with Crippen LogP contribution >= 0.6 is 0 Å². The van der Waals surface area contributed by atoms with E-state index >= 15 is 0 Å². The van der Waals surface area contributed by atoms with Gasteiger partial charge in [-0.05, 0) is 35.3 Å². The molecule has 7 N–H and O–H groups in total. The van der Waals surface area contributed by atoms with Gasteiger partial charge >= 0.3 is 5.97 Å². The third-order valence-corrected chi connectivity index (χ3v) is 12.8. The summed E-state index contributed by atoms with van der Waals surface area (Å²) in [5, 5.41) is 84.8. The number of carbonyl (C=O) groups excluding carboxylic acids is 1. The van der Waals surface area contributed by atoms with Gasteiger partial charge in [0.2, 0.25) is 0 Å². The average molecular weight is 982 g/mol. The van der Waals surface area contributed by atoms with Gasteiger partial charge in [0.15, 0.2) is 12.6 Å². The molecule has 0 radical (unpaired) electrons. The standard InChI is InChI=1S/C51H87N3O15/c1-10-12-14-16-18-20-22-63-30-51(9,31-64-23-21-19-17-15-13-11-2)32-65-28-34-26-54(53-52-34)27-37-40(56)42(58)44(60)47(67-37)69-48-45(61)43(59)41(57)38(68-48)29-66-46(62)35-24-33(49(3,4)5)25-36(39(35)55)50(6,7)8/h24-26,37-38,40-45,47-48,55-61H,10-23,27-32H2,1-9H3/t37-,38?,40?,41-,42?,43?,44?,45?,47-,48+/m1/s1. The van der Waals surface area contributed by atoms with Gasteiger partial charge in [-0.3, -0.25) is 0 Å². The minimum Gasteiger partial charge on any atom is -0.507 e. The zero-order valence-electron chi connectivity index (χ0n) is 42.9. The number of phenols is 1. The highest BCUT2D eigenvalue weighted by molar-refractivity contribution is 5.93. The number of aromatic nitrogens is 3. The fraction of sp³-hybridized carbons (Fsp3) is 0.824. The smallest absolute Gasteiger partial charge is 0.342 e. The summed E-state index contributed by atoms with van der Waals surface area (Å²) in [7, 11) is 0. The predicted octanol–water partition coefficient (Wildman–Crippen LogP) is 5.34. The van der Waals surface area contributed by atoms with E-state index in [1.165, 1.54) is 56.0 Å². The molecule has 2 saturated heterocycles. The minimum absolute atomic E-state index is 0.0998. The summed E-state index contributed by atoms with van der Waals surface area (Å²) < 4.78 is 42.7. The molecule has 0 aliphatic carbocycles. The van der Waals surface area contributed by atoms with Gasteiger partial charge in [-0.1, -0.05) is 138 Å². The molecule has 3 heterocycles. The number of hydrogen-bond acceptors (Lipinski definition) is 17. The molecule has 0 amide bonds. The summed E-state index contributed by atoms with van der Waals surface area (Å²) in [6, 6.07) is 3.39. The zero-order chi connectivity index (χ0) is 50.9. The van der Waals surface area contributed by atoms with Crippen LogP contribution in [0.25, 0.3) is 0 Å². The van der Waals surface area contributed by atoms with E-state index in [0.29, 0.717) is 44.3 Å². The molecule has 10 atom stereocenters. The Bertz CT molecular complexity index is 1780. The second-order valence-electron chi connectivity index (χ2n) is 21.6. The number of benzene rings is 1. The first-order valence-corrected chi connectivity index (χ1v) is 25.3. The quantitative estimate of drug-likeness (QED) is 0.0401. The third-order valence-electron chi connectivity index (χ3n) is 12.8. The van der Waals surface area contributed by atoms with Crippen LogP contribution in [-0.4, -0.2) is 158 Å². The maximum absolute atomic E-state index is 13.5. The van der Waals surface area contributed by atoms with Crippen molar-refractivity contribution in [3.63, 3.8) is 0 Å². The first kappa shape index (κ1) is 58.7. The summed E-state index contributed by atoms with van der Waals surface area (Å²) in [6.07, 6.45) is -1.16. The zero-order valence-corrected chi connectivity index (χ0v) is 42.9. The van der Waals surface area contributed by atoms with E-state index < -0.39 is 84.8 Å². The molecule has 2 aliphatic heterocycles. The Hall–Kier alpha value is -2.85. The van der Waals surface area contributed by atoms with E-state index in [4.69, 9.17) is 33.2 Å². The molecule has 2 fully saturated rings. The van der Waals surface area contributed by atoms with E-state index in [1.54, 1.807) is 12.3 Å². The summed E-state index contributed by atoms with van der Waals surface area (Å²) >= 11 is 0. The molecular formula is C51H87N3O15. The van der Waals surface area contributed by atoms with Crippen molar-refractivity contribution < 1.29 is 73.7 Å². The molecule has 69 heavy (non-hydrogen) atoms. The molecule has 2 aliphatic rings. The van der Waals surface area contributed by atoms with Crippen LogP contribution in [0.2, 0.25) is 0 Å². The van der Waals surface area contributed by atoms with Crippen LogP contribution in [0.4, 0.5) is 0 Å². The highest BCUT2D eigenvalue weighted by Gasteiger charge is 2.50. The van der Waals surface area contributed by atoms with Crippen molar-refractivity contribution in [1.29, 1.82) is 0 Å². The monoisotopic (exact) mass is 982 g/mol. The first-order chi connectivity index (χ1) is 32.6. The van der Waals surface area contributed by atoms with Gasteiger partial charge in [-0.25, -0.2) is 9.48 Å². The Morgan fingerprint density at radius 2 is 1.16 bits per heavy atom. The third kappa shape index (κ3) is 18.0. The summed E-state index contributed by atoms with van der Waals surface area (Å²) in [4.78, 5) is 13.5. The van der Waals surface area contributed by atoms with Crippen LogP contribution in [-0.2, 0) is 57.1 Å². The second kappa shape index (κ2) is 27.8. The molecule has 6 unspecified atom stereocenters. The van der Waals surface area contributed by atoms with Gasteiger partial charge in [-0.2, -0.15) is 0 Å². The Kier molecular flexibility index (Phi) is 23.7. The highest BCUT2D eigenvalue weighted by atomic mass is 16.8. The van der Waals surface area contributed by atoms with Crippen LogP contribution in [0.1, 0.15) is 167 Å². The van der Waals surface area contributed by atoms with Crippen molar-refractivity contribution in [2.75, 3.05) is 39.6 Å². The minimum atomic E-state index is -1.88. The van der Waals surface area contributed by atoms with Crippen molar-refractivity contribution >= 4 is 5.97 Å². The van der Waals surface area contributed by atoms with E-state index in [9.17, 15) is 40.5 Å². The number of carbonyl (C=O) groups is 1. The largest absolute Gasteiger partial charge is 0.507 e. The predicted molar refractivity (Wildman–Crippen MR) is 256 cm³/mol. The number of aliphatic hydroxyl groups is 6. The topological polar surface area (TPSA) is 254 Å². The van der Waals surface area contributed by atoms with Crippen LogP contribution in [0.3, 0.4) is 0 Å².